The number of piperidine rings is 1. The minimum Gasteiger partial charge on any atom is -0.317 e. The predicted octanol–water partition coefficient (Wildman–Crippen LogP) is 1.72. The van der Waals surface area contributed by atoms with Crippen LogP contribution in [-0.2, 0) is 10.0 Å². The first-order valence-corrected chi connectivity index (χ1v) is 9.88. The maximum atomic E-state index is 12.5. The Morgan fingerprint density at radius 3 is 2.70 bits per heavy atom. The molecule has 6 nitrogen and oxygen atoms in total. The highest BCUT2D eigenvalue weighted by atomic mass is 32.2. The van der Waals surface area contributed by atoms with Crippen molar-refractivity contribution in [3.8, 4) is 0 Å². The van der Waals surface area contributed by atoms with Crippen molar-refractivity contribution in [1.29, 1.82) is 0 Å². The molecular formula is C15H19N3O3S2. The molecule has 3 heterocycles. The smallest absolute Gasteiger partial charge is 0.275 e. The Labute approximate surface area is 139 Å². The fraction of sp³-hybridized carbons (Fsp3) is 0.467. The van der Waals surface area contributed by atoms with Crippen LogP contribution in [0.15, 0.2) is 12.3 Å². The molecule has 0 aromatic carbocycles. The zero-order chi connectivity index (χ0) is 16.6. The van der Waals surface area contributed by atoms with Gasteiger partial charge in [0, 0.05) is 11.6 Å². The number of aromatic nitrogens is 1. The van der Waals surface area contributed by atoms with E-state index in [9.17, 15) is 13.2 Å². The number of thiophene rings is 1. The Hall–Kier alpha value is -1.51. The lowest BCUT2D eigenvalue weighted by atomic mass is 10.1. The summed E-state index contributed by atoms with van der Waals surface area (Å²) in [5.74, 6) is -0.552. The first kappa shape index (κ1) is 16.4. The van der Waals surface area contributed by atoms with Gasteiger partial charge >= 0.3 is 0 Å². The molecule has 0 bridgehead atoms. The van der Waals surface area contributed by atoms with E-state index in [1.807, 2.05) is 19.9 Å². The standard InChI is InChI=1S/C15H19N3O3S2/c1-9-3-8-17-15-12(9)10(2)13(22-15)14(19)18-23(20,21)11-4-6-16-7-5-11/h3,8,11,16H,4-7H2,1-2H3,(H,18,19). The molecule has 0 atom stereocenters. The lowest BCUT2D eigenvalue weighted by molar-refractivity contribution is 0.0984. The van der Waals surface area contributed by atoms with Crippen LogP contribution in [0.1, 0.15) is 33.6 Å². The molecule has 2 N–H and O–H groups in total. The van der Waals surface area contributed by atoms with E-state index in [1.54, 1.807) is 6.20 Å². The number of nitrogens with one attached hydrogen (secondary N) is 2. The molecule has 0 unspecified atom stereocenters. The molecule has 8 heteroatoms. The molecule has 0 spiro atoms. The summed E-state index contributed by atoms with van der Waals surface area (Å²) in [5, 5.41) is 3.54. The molecule has 124 valence electrons. The third-order valence-electron chi connectivity index (χ3n) is 4.21. The summed E-state index contributed by atoms with van der Waals surface area (Å²) in [6.45, 7) is 5.10. The SMILES string of the molecule is Cc1ccnc2sc(C(=O)NS(=O)(=O)C3CCNCC3)c(C)c12. The Bertz CT molecular complexity index is 852. The van der Waals surface area contributed by atoms with Gasteiger partial charge in [0.2, 0.25) is 10.0 Å². The summed E-state index contributed by atoms with van der Waals surface area (Å²) < 4.78 is 27.0. The van der Waals surface area contributed by atoms with Crippen molar-refractivity contribution in [2.24, 2.45) is 0 Å². The van der Waals surface area contributed by atoms with Gasteiger partial charge in [-0.2, -0.15) is 0 Å². The molecule has 3 rings (SSSR count). The minimum atomic E-state index is -3.65. The van der Waals surface area contributed by atoms with Crippen molar-refractivity contribution < 1.29 is 13.2 Å². The van der Waals surface area contributed by atoms with E-state index in [-0.39, 0.29) is 0 Å². The van der Waals surface area contributed by atoms with Gasteiger partial charge in [0.15, 0.2) is 0 Å². The zero-order valence-electron chi connectivity index (χ0n) is 13.0. The maximum Gasteiger partial charge on any atom is 0.275 e. The topological polar surface area (TPSA) is 88.2 Å². The second-order valence-corrected chi connectivity index (χ2v) is 8.75. The van der Waals surface area contributed by atoms with Gasteiger partial charge in [-0.15, -0.1) is 11.3 Å². The summed E-state index contributed by atoms with van der Waals surface area (Å²) in [6, 6.07) is 1.88. The molecule has 2 aromatic rings. The van der Waals surface area contributed by atoms with Crippen molar-refractivity contribution in [2.45, 2.75) is 31.9 Å². The second-order valence-electron chi connectivity index (χ2n) is 5.79. The molecule has 1 amide bonds. The summed E-state index contributed by atoms with van der Waals surface area (Å²) in [6.07, 6.45) is 2.74. The van der Waals surface area contributed by atoms with Gasteiger partial charge in [0.1, 0.15) is 4.83 Å². The summed E-state index contributed by atoms with van der Waals surface area (Å²) in [4.78, 5) is 17.9. The zero-order valence-corrected chi connectivity index (χ0v) is 14.7. The first-order valence-electron chi connectivity index (χ1n) is 7.51. The van der Waals surface area contributed by atoms with Crippen LogP contribution in [0.2, 0.25) is 0 Å². The van der Waals surface area contributed by atoms with E-state index in [0.717, 1.165) is 21.3 Å². The van der Waals surface area contributed by atoms with E-state index in [2.05, 4.69) is 15.0 Å². The van der Waals surface area contributed by atoms with Crippen LogP contribution in [0.25, 0.3) is 10.2 Å². The number of hydrogen-bond acceptors (Lipinski definition) is 6. The van der Waals surface area contributed by atoms with Crippen molar-refractivity contribution in [2.75, 3.05) is 13.1 Å². The number of rotatable bonds is 3. The number of hydrogen-bond donors (Lipinski definition) is 2. The third kappa shape index (κ3) is 3.11. The molecule has 1 saturated heterocycles. The van der Waals surface area contributed by atoms with E-state index in [0.29, 0.717) is 30.8 Å². The molecule has 2 aromatic heterocycles. The monoisotopic (exact) mass is 353 g/mol. The lowest BCUT2D eigenvalue weighted by Gasteiger charge is -2.22. The van der Waals surface area contributed by atoms with Gasteiger partial charge in [-0.25, -0.2) is 18.1 Å². The summed E-state index contributed by atoms with van der Waals surface area (Å²) >= 11 is 1.23. The highest BCUT2D eigenvalue weighted by Gasteiger charge is 2.30. The van der Waals surface area contributed by atoms with Gasteiger partial charge in [-0.3, -0.25) is 4.79 Å². The number of aryl methyl sites for hydroxylation is 2. The lowest BCUT2D eigenvalue weighted by Crippen LogP contribution is -2.43. The predicted molar refractivity (Wildman–Crippen MR) is 91.4 cm³/mol. The summed E-state index contributed by atoms with van der Waals surface area (Å²) in [7, 11) is -3.65. The number of carbonyl (C=O) groups excluding carboxylic acids is 1. The largest absolute Gasteiger partial charge is 0.317 e. The van der Waals surface area contributed by atoms with Crippen molar-refractivity contribution in [3.05, 3.63) is 28.3 Å². The van der Waals surface area contributed by atoms with Crippen LogP contribution in [0.5, 0.6) is 0 Å². The van der Waals surface area contributed by atoms with E-state index in [4.69, 9.17) is 0 Å². The van der Waals surface area contributed by atoms with Crippen LogP contribution in [-0.4, -0.2) is 37.6 Å². The molecule has 0 aliphatic carbocycles. The van der Waals surface area contributed by atoms with Crippen molar-refractivity contribution in [3.63, 3.8) is 0 Å². The third-order valence-corrected chi connectivity index (χ3v) is 7.22. The first-order chi connectivity index (χ1) is 10.9. The van der Waals surface area contributed by atoms with Gasteiger partial charge < -0.3 is 5.32 Å². The van der Waals surface area contributed by atoms with Crippen molar-refractivity contribution >= 4 is 37.5 Å². The Balaban J connectivity index is 1.89. The number of sulfonamides is 1. The average Bonchev–Trinajstić information content (AvgIpc) is 2.86. The van der Waals surface area contributed by atoms with Gasteiger partial charge in [0.25, 0.3) is 5.91 Å². The summed E-state index contributed by atoms with van der Waals surface area (Å²) in [5.41, 5.74) is 1.82. The van der Waals surface area contributed by atoms with Crippen LogP contribution in [0, 0.1) is 13.8 Å². The fourth-order valence-corrected chi connectivity index (χ4v) is 5.50. The van der Waals surface area contributed by atoms with Crippen LogP contribution in [0.3, 0.4) is 0 Å². The maximum absolute atomic E-state index is 12.5. The number of nitrogens with zero attached hydrogens (tertiary/aromatic N) is 1. The molecule has 0 radical (unpaired) electrons. The number of carbonyl (C=O) groups is 1. The van der Waals surface area contributed by atoms with Crippen LogP contribution in [0.4, 0.5) is 0 Å². The molecule has 1 aliphatic rings. The van der Waals surface area contributed by atoms with Gasteiger partial charge in [-0.05, 0) is 57.0 Å². The molecule has 23 heavy (non-hydrogen) atoms. The Kier molecular flexibility index (Phi) is 4.39. The highest BCUT2D eigenvalue weighted by molar-refractivity contribution is 7.90. The van der Waals surface area contributed by atoms with Crippen LogP contribution >= 0.6 is 11.3 Å². The fourth-order valence-electron chi connectivity index (χ4n) is 2.93. The number of amides is 1. The van der Waals surface area contributed by atoms with E-state index in [1.165, 1.54) is 11.3 Å². The van der Waals surface area contributed by atoms with E-state index < -0.39 is 21.2 Å². The van der Waals surface area contributed by atoms with Crippen LogP contribution < -0.4 is 10.0 Å². The van der Waals surface area contributed by atoms with Gasteiger partial charge in [-0.1, -0.05) is 0 Å². The Morgan fingerprint density at radius 2 is 2.04 bits per heavy atom. The molecular weight excluding hydrogens is 334 g/mol. The second kappa shape index (κ2) is 6.18. The van der Waals surface area contributed by atoms with Crippen molar-refractivity contribution in [1.82, 2.24) is 15.0 Å². The molecule has 1 fully saturated rings. The van der Waals surface area contributed by atoms with Gasteiger partial charge in [0.05, 0.1) is 10.1 Å². The van der Waals surface area contributed by atoms with E-state index >= 15 is 0 Å². The minimum absolute atomic E-state index is 0.416. The molecule has 1 aliphatic heterocycles. The number of fused-ring (bicyclic) bond motifs is 1. The highest BCUT2D eigenvalue weighted by Crippen LogP contribution is 2.31. The number of pyridine rings is 1. The quantitative estimate of drug-likeness (QED) is 0.877. The Morgan fingerprint density at radius 1 is 1.35 bits per heavy atom. The average molecular weight is 353 g/mol. The normalized spacial score (nSPS) is 16.6. The molecule has 0 saturated carbocycles.